The van der Waals surface area contributed by atoms with Crippen LogP contribution < -0.4 is 0 Å². The fraction of sp³-hybridized carbons (Fsp3) is 0.900. The topological polar surface area (TPSA) is 40.5 Å². The summed E-state index contributed by atoms with van der Waals surface area (Å²) in [4.78, 5) is 13.1. The SMILES string of the molecule is CC(C)N1CCC(C(=O)O)CC1C. The van der Waals surface area contributed by atoms with Crippen LogP contribution in [0.4, 0.5) is 0 Å². The van der Waals surface area contributed by atoms with Crippen LogP contribution in [-0.2, 0) is 4.79 Å². The van der Waals surface area contributed by atoms with Gasteiger partial charge in [-0.05, 0) is 40.2 Å². The van der Waals surface area contributed by atoms with E-state index < -0.39 is 5.97 Å². The summed E-state index contributed by atoms with van der Waals surface area (Å²) < 4.78 is 0. The number of likely N-dealkylation sites (tertiary alicyclic amines) is 1. The van der Waals surface area contributed by atoms with Crippen LogP contribution in [0.15, 0.2) is 0 Å². The van der Waals surface area contributed by atoms with Crippen LogP contribution in [0, 0.1) is 5.92 Å². The maximum Gasteiger partial charge on any atom is 0.306 e. The number of hydrogen-bond donors (Lipinski definition) is 1. The Morgan fingerprint density at radius 1 is 1.54 bits per heavy atom. The summed E-state index contributed by atoms with van der Waals surface area (Å²) in [6.45, 7) is 7.38. The molecule has 0 bridgehead atoms. The molecule has 0 saturated carbocycles. The first-order valence-electron chi connectivity index (χ1n) is 5.01. The van der Waals surface area contributed by atoms with E-state index in [2.05, 4.69) is 25.7 Å². The van der Waals surface area contributed by atoms with Crippen LogP contribution in [0.3, 0.4) is 0 Å². The predicted molar refractivity (Wildman–Crippen MR) is 51.7 cm³/mol. The quantitative estimate of drug-likeness (QED) is 0.710. The van der Waals surface area contributed by atoms with E-state index >= 15 is 0 Å². The van der Waals surface area contributed by atoms with Crippen molar-refractivity contribution >= 4 is 5.97 Å². The van der Waals surface area contributed by atoms with Gasteiger partial charge in [-0.15, -0.1) is 0 Å². The van der Waals surface area contributed by atoms with Crippen molar-refractivity contribution in [1.29, 1.82) is 0 Å². The minimum absolute atomic E-state index is 0.120. The molecule has 1 aliphatic rings. The normalized spacial score (nSPS) is 30.8. The Morgan fingerprint density at radius 3 is 2.54 bits per heavy atom. The maximum atomic E-state index is 10.8. The lowest BCUT2D eigenvalue weighted by molar-refractivity contribution is -0.144. The van der Waals surface area contributed by atoms with E-state index in [1.165, 1.54) is 0 Å². The van der Waals surface area contributed by atoms with Crippen molar-refractivity contribution in [2.75, 3.05) is 6.54 Å². The molecule has 0 aromatic rings. The third-order valence-corrected chi connectivity index (χ3v) is 2.94. The van der Waals surface area contributed by atoms with Crippen LogP contribution >= 0.6 is 0 Å². The lowest BCUT2D eigenvalue weighted by Gasteiger charge is -2.38. The number of carboxylic acid groups (broad SMARTS) is 1. The van der Waals surface area contributed by atoms with Crippen LogP contribution in [0.5, 0.6) is 0 Å². The van der Waals surface area contributed by atoms with Gasteiger partial charge in [0.25, 0.3) is 0 Å². The van der Waals surface area contributed by atoms with Gasteiger partial charge in [-0.2, -0.15) is 0 Å². The number of rotatable bonds is 2. The van der Waals surface area contributed by atoms with Crippen molar-refractivity contribution < 1.29 is 9.90 Å². The zero-order valence-corrected chi connectivity index (χ0v) is 8.66. The van der Waals surface area contributed by atoms with Crippen LogP contribution in [0.2, 0.25) is 0 Å². The molecule has 1 aliphatic heterocycles. The van der Waals surface area contributed by atoms with Gasteiger partial charge in [-0.25, -0.2) is 0 Å². The lowest BCUT2D eigenvalue weighted by atomic mass is 9.91. The minimum Gasteiger partial charge on any atom is -0.481 e. The first-order valence-corrected chi connectivity index (χ1v) is 5.01. The van der Waals surface area contributed by atoms with Gasteiger partial charge in [0.15, 0.2) is 0 Å². The molecule has 1 N–H and O–H groups in total. The maximum absolute atomic E-state index is 10.8. The smallest absolute Gasteiger partial charge is 0.306 e. The Bertz CT molecular complexity index is 191. The van der Waals surface area contributed by atoms with Gasteiger partial charge < -0.3 is 5.11 Å². The number of hydrogen-bond acceptors (Lipinski definition) is 2. The van der Waals surface area contributed by atoms with Gasteiger partial charge >= 0.3 is 5.97 Å². The van der Waals surface area contributed by atoms with Crippen molar-refractivity contribution in [3.8, 4) is 0 Å². The van der Waals surface area contributed by atoms with Crippen LogP contribution in [0.1, 0.15) is 33.6 Å². The second-order valence-electron chi connectivity index (χ2n) is 4.24. The van der Waals surface area contributed by atoms with Crippen molar-refractivity contribution in [3.63, 3.8) is 0 Å². The third-order valence-electron chi connectivity index (χ3n) is 2.94. The average Bonchev–Trinajstić information content (AvgIpc) is 2.03. The molecule has 0 aromatic heterocycles. The van der Waals surface area contributed by atoms with Gasteiger partial charge in [-0.3, -0.25) is 9.69 Å². The summed E-state index contributed by atoms with van der Waals surface area (Å²) in [6, 6.07) is 0.944. The second kappa shape index (κ2) is 4.09. The number of carboxylic acids is 1. The Morgan fingerprint density at radius 2 is 2.15 bits per heavy atom. The molecule has 0 radical (unpaired) electrons. The zero-order chi connectivity index (χ0) is 10.0. The molecule has 1 heterocycles. The molecule has 0 spiro atoms. The van der Waals surface area contributed by atoms with E-state index in [1.807, 2.05) is 0 Å². The van der Waals surface area contributed by atoms with E-state index in [1.54, 1.807) is 0 Å². The highest BCUT2D eigenvalue weighted by atomic mass is 16.4. The summed E-state index contributed by atoms with van der Waals surface area (Å²) in [5.74, 6) is -0.750. The van der Waals surface area contributed by atoms with Gasteiger partial charge in [0.05, 0.1) is 5.92 Å². The summed E-state index contributed by atoms with van der Waals surface area (Å²) in [5, 5.41) is 8.86. The molecule has 0 aliphatic carbocycles. The predicted octanol–water partition coefficient (Wildman–Crippen LogP) is 1.58. The highest BCUT2D eigenvalue weighted by Gasteiger charge is 2.30. The van der Waals surface area contributed by atoms with E-state index in [9.17, 15) is 4.79 Å². The Kier molecular flexibility index (Phi) is 3.31. The van der Waals surface area contributed by atoms with Crippen molar-refractivity contribution in [2.24, 2.45) is 5.92 Å². The highest BCUT2D eigenvalue weighted by Crippen LogP contribution is 2.24. The number of carbonyl (C=O) groups is 1. The molecular weight excluding hydrogens is 166 g/mol. The van der Waals surface area contributed by atoms with Crippen molar-refractivity contribution in [3.05, 3.63) is 0 Å². The number of nitrogens with zero attached hydrogens (tertiary/aromatic N) is 1. The van der Waals surface area contributed by atoms with E-state index in [4.69, 9.17) is 5.11 Å². The van der Waals surface area contributed by atoms with Gasteiger partial charge in [-0.1, -0.05) is 0 Å². The van der Waals surface area contributed by atoms with Crippen LogP contribution in [-0.4, -0.2) is 34.6 Å². The Balaban J connectivity index is 2.51. The first kappa shape index (κ1) is 10.5. The van der Waals surface area contributed by atoms with Gasteiger partial charge in [0.1, 0.15) is 0 Å². The molecule has 3 heteroatoms. The van der Waals surface area contributed by atoms with E-state index in [-0.39, 0.29) is 5.92 Å². The molecule has 76 valence electrons. The van der Waals surface area contributed by atoms with Crippen molar-refractivity contribution in [1.82, 2.24) is 4.90 Å². The Hall–Kier alpha value is -0.570. The molecule has 1 saturated heterocycles. The fourth-order valence-corrected chi connectivity index (χ4v) is 2.18. The molecule has 0 amide bonds. The van der Waals surface area contributed by atoms with E-state index in [0.29, 0.717) is 12.1 Å². The minimum atomic E-state index is -0.629. The first-order chi connectivity index (χ1) is 6.02. The zero-order valence-electron chi connectivity index (χ0n) is 8.66. The fourth-order valence-electron chi connectivity index (χ4n) is 2.18. The second-order valence-corrected chi connectivity index (χ2v) is 4.24. The molecule has 2 atom stereocenters. The largest absolute Gasteiger partial charge is 0.481 e. The highest BCUT2D eigenvalue weighted by molar-refractivity contribution is 5.70. The summed E-state index contributed by atoms with van der Waals surface area (Å²) >= 11 is 0. The molecule has 2 unspecified atom stereocenters. The van der Waals surface area contributed by atoms with Crippen molar-refractivity contribution in [2.45, 2.75) is 45.7 Å². The molecule has 13 heavy (non-hydrogen) atoms. The standard InChI is InChI=1S/C10H19NO2/c1-7(2)11-5-4-9(10(12)13)6-8(11)3/h7-9H,4-6H2,1-3H3,(H,12,13). The number of aliphatic carboxylic acids is 1. The molecule has 3 nitrogen and oxygen atoms in total. The Labute approximate surface area is 79.7 Å². The van der Waals surface area contributed by atoms with E-state index in [0.717, 1.165) is 19.4 Å². The monoisotopic (exact) mass is 185 g/mol. The average molecular weight is 185 g/mol. The summed E-state index contributed by atoms with van der Waals surface area (Å²) in [7, 11) is 0. The van der Waals surface area contributed by atoms with Crippen LogP contribution in [0.25, 0.3) is 0 Å². The molecular formula is C10H19NO2. The summed E-state index contributed by atoms with van der Waals surface area (Å²) in [6.07, 6.45) is 1.60. The third kappa shape index (κ3) is 2.44. The molecule has 1 fully saturated rings. The summed E-state index contributed by atoms with van der Waals surface area (Å²) in [5.41, 5.74) is 0. The molecule has 1 rings (SSSR count). The lowest BCUT2D eigenvalue weighted by Crippen LogP contribution is -2.46. The number of piperidine rings is 1. The van der Waals surface area contributed by atoms with Gasteiger partial charge in [0.2, 0.25) is 0 Å². The molecule has 0 aromatic carbocycles. The van der Waals surface area contributed by atoms with Gasteiger partial charge in [0, 0.05) is 12.1 Å².